The summed E-state index contributed by atoms with van der Waals surface area (Å²) in [5.41, 5.74) is 5.54. The second kappa shape index (κ2) is 9.72. The molecule has 1 atom stereocenters. The van der Waals surface area contributed by atoms with Crippen molar-refractivity contribution in [3.05, 3.63) is 86.7 Å². The van der Waals surface area contributed by atoms with E-state index >= 15 is 0 Å². The number of carbonyl (C=O) groups is 2. The van der Waals surface area contributed by atoms with Crippen molar-refractivity contribution < 1.29 is 24.3 Å². The maximum absolute atomic E-state index is 12.8. The summed E-state index contributed by atoms with van der Waals surface area (Å²) in [5.74, 6) is -2.04. The van der Waals surface area contributed by atoms with Gasteiger partial charge in [-0.25, -0.2) is 9.59 Å². The number of benzene rings is 2. The monoisotopic (exact) mass is 488 g/mol. The van der Waals surface area contributed by atoms with E-state index in [-0.39, 0.29) is 23.9 Å². The second-order valence-electron chi connectivity index (χ2n) is 9.18. The zero-order chi connectivity index (χ0) is 25.4. The number of carbonyl (C=O) groups excluding carboxylic acids is 2. The van der Waals surface area contributed by atoms with Gasteiger partial charge >= 0.3 is 17.5 Å². The van der Waals surface area contributed by atoms with Crippen molar-refractivity contribution in [1.29, 1.82) is 0 Å². The predicted octanol–water partition coefficient (Wildman–Crippen LogP) is 2.35. The Kier molecular flexibility index (Phi) is 6.47. The molecule has 186 valence electrons. The fourth-order valence-corrected chi connectivity index (χ4v) is 5.13. The molecule has 1 aromatic heterocycles. The molecule has 0 saturated heterocycles. The molecule has 36 heavy (non-hydrogen) atoms. The van der Waals surface area contributed by atoms with E-state index in [1.165, 1.54) is 28.3 Å². The summed E-state index contributed by atoms with van der Waals surface area (Å²) >= 11 is 0. The van der Waals surface area contributed by atoms with Gasteiger partial charge in [-0.1, -0.05) is 38.1 Å². The topological polar surface area (TPSA) is 107 Å². The molecule has 0 fully saturated rings. The lowest BCUT2D eigenvalue weighted by molar-refractivity contribution is -0.138. The van der Waals surface area contributed by atoms with Crippen LogP contribution < -0.4 is 20.5 Å². The molecule has 0 amide bonds. The lowest BCUT2D eigenvalue weighted by Gasteiger charge is -2.19. The summed E-state index contributed by atoms with van der Waals surface area (Å²) < 4.78 is 5.92. The van der Waals surface area contributed by atoms with Crippen LogP contribution in [0.4, 0.5) is 0 Å². The fourth-order valence-electron chi connectivity index (χ4n) is 5.13. The largest absolute Gasteiger partial charge is 0.417 e. The first-order valence-corrected chi connectivity index (χ1v) is 12.2. The van der Waals surface area contributed by atoms with Gasteiger partial charge in [0.1, 0.15) is 0 Å². The number of ether oxygens (including phenoxy) is 1. The molecule has 8 nitrogen and oxygen atoms in total. The number of rotatable bonds is 6. The third kappa shape index (κ3) is 4.45. The third-order valence-corrected chi connectivity index (χ3v) is 6.93. The van der Waals surface area contributed by atoms with Crippen molar-refractivity contribution >= 4 is 22.8 Å². The van der Waals surface area contributed by atoms with Crippen LogP contribution in [0, 0.1) is 0 Å². The highest BCUT2D eigenvalue weighted by Crippen LogP contribution is 2.29. The van der Waals surface area contributed by atoms with E-state index < -0.39 is 23.6 Å². The number of fused-ring (bicyclic) bond motifs is 5. The normalized spacial score (nSPS) is 17.1. The van der Waals surface area contributed by atoms with Gasteiger partial charge in [-0.3, -0.25) is 4.79 Å². The maximum atomic E-state index is 12.8. The number of hydrogen-bond acceptors (Lipinski definition) is 7. The van der Waals surface area contributed by atoms with Crippen molar-refractivity contribution in [2.24, 2.45) is 0 Å². The van der Waals surface area contributed by atoms with Crippen LogP contribution in [0.1, 0.15) is 47.8 Å². The summed E-state index contributed by atoms with van der Waals surface area (Å²) in [6.45, 7) is 4.65. The number of pyridine rings is 1. The van der Waals surface area contributed by atoms with Gasteiger partial charge in [-0.2, -0.15) is 0 Å². The molecule has 2 bridgehead atoms. The maximum Gasteiger partial charge on any atom is 0.356 e. The molecule has 1 aliphatic carbocycles. The molecule has 8 heteroatoms. The van der Waals surface area contributed by atoms with Gasteiger partial charge in [-0.05, 0) is 65.6 Å². The van der Waals surface area contributed by atoms with Gasteiger partial charge in [0.15, 0.2) is 5.75 Å². The molecule has 1 aliphatic heterocycles. The highest BCUT2D eigenvalue weighted by Gasteiger charge is 2.25. The van der Waals surface area contributed by atoms with E-state index in [2.05, 4.69) is 31.3 Å². The number of esters is 1. The van der Waals surface area contributed by atoms with E-state index in [0.717, 1.165) is 42.6 Å². The predicted molar refractivity (Wildman–Crippen MR) is 134 cm³/mol. The lowest BCUT2D eigenvalue weighted by atomic mass is 9.97. The number of aryl methyl sites for hydroxylation is 2. The van der Waals surface area contributed by atoms with Crippen molar-refractivity contribution in [1.82, 2.24) is 10.0 Å². The third-order valence-electron chi connectivity index (χ3n) is 6.93. The highest BCUT2D eigenvalue weighted by molar-refractivity contribution is 5.94. The summed E-state index contributed by atoms with van der Waals surface area (Å²) in [6.07, 6.45) is 4.71. The van der Waals surface area contributed by atoms with E-state index in [0.29, 0.717) is 10.9 Å². The summed E-state index contributed by atoms with van der Waals surface area (Å²) in [5, 5.41) is 15.0. The molecule has 0 radical (unpaired) electrons. The first kappa shape index (κ1) is 24.0. The Bertz CT molecular complexity index is 1420. The van der Waals surface area contributed by atoms with Crippen LogP contribution in [0.3, 0.4) is 0 Å². The van der Waals surface area contributed by atoms with E-state index in [1.54, 1.807) is 18.2 Å². The number of nitrogens with zero attached hydrogens (tertiary/aromatic N) is 1. The van der Waals surface area contributed by atoms with Crippen LogP contribution >= 0.6 is 0 Å². The average Bonchev–Trinajstić information content (AvgIpc) is 3.29. The van der Waals surface area contributed by atoms with Crippen LogP contribution in [0.25, 0.3) is 10.9 Å². The van der Waals surface area contributed by atoms with Gasteiger partial charge in [0, 0.05) is 30.1 Å². The Morgan fingerprint density at radius 1 is 1.00 bits per heavy atom. The summed E-state index contributed by atoms with van der Waals surface area (Å²) in [4.78, 5) is 41.9. The smallest absolute Gasteiger partial charge is 0.356 e. The van der Waals surface area contributed by atoms with Crippen molar-refractivity contribution in [2.75, 3.05) is 6.54 Å². The van der Waals surface area contributed by atoms with Crippen LogP contribution in [0.5, 0.6) is 5.75 Å². The second-order valence-corrected chi connectivity index (χ2v) is 9.18. The minimum absolute atomic E-state index is 0.206. The number of aromatic nitrogens is 1. The SMILES string of the molecule is CCc1cc2c(cc1CC)CC(NC[C@H](O)c1cccc3c1cc1c(=O)n3OC(=O)/C=C\C(=O)O1)C2. The highest BCUT2D eigenvalue weighted by atomic mass is 16.7. The average molecular weight is 489 g/mol. The van der Waals surface area contributed by atoms with Gasteiger partial charge in [0.2, 0.25) is 0 Å². The van der Waals surface area contributed by atoms with Crippen LogP contribution in [0.15, 0.2) is 53.3 Å². The molecule has 2 N–H and O–H groups in total. The Labute approximate surface area is 208 Å². The molecule has 2 aromatic carbocycles. The van der Waals surface area contributed by atoms with E-state index in [4.69, 9.17) is 9.57 Å². The van der Waals surface area contributed by atoms with Crippen molar-refractivity contribution in [3.8, 4) is 5.75 Å². The van der Waals surface area contributed by atoms with Crippen LogP contribution in [-0.4, -0.2) is 34.4 Å². The first-order valence-electron chi connectivity index (χ1n) is 12.2. The van der Waals surface area contributed by atoms with Crippen LogP contribution in [-0.2, 0) is 35.3 Å². The molecule has 3 aromatic rings. The summed E-state index contributed by atoms with van der Waals surface area (Å²) in [6, 6.07) is 11.3. The Balaban J connectivity index is 1.40. The summed E-state index contributed by atoms with van der Waals surface area (Å²) in [7, 11) is 0. The van der Waals surface area contributed by atoms with Gasteiger partial charge in [0.05, 0.1) is 11.6 Å². The van der Waals surface area contributed by atoms with E-state index in [9.17, 15) is 19.5 Å². The molecule has 2 aliphatic rings. The first-order chi connectivity index (χ1) is 17.4. The van der Waals surface area contributed by atoms with Gasteiger partial charge in [0.25, 0.3) is 0 Å². The quantitative estimate of drug-likeness (QED) is 0.513. The minimum Gasteiger partial charge on any atom is -0.417 e. The molecule has 0 saturated carbocycles. The van der Waals surface area contributed by atoms with E-state index in [1.807, 2.05) is 0 Å². The van der Waals surface area contributed by atoms with Crippen LogP contribution in [0.2, 0.25) is 0 Å². The standard InChI is InChI=1S/C28H28N2O6/c1-3-16-10-18-12-20(13-19(18)11-17(16)4-2)29-15-24(31)21-6-5-7-23-22(21)14-25-28(34)30(23)36-27(33)9-8-26(32)35-25/h5-11,14,20,24,29,31H,3-4,12-13,15H2,1-2H3/b9-8-/t24-/m0/s1. The molecule has 0 spiro atoms. The van der Waals surface area contributed by atoms with Crippen molar-refractivity contribution in [3.63, 3.8) is 0 Å². The van der Waals surface area contributed by atoms with Gasteiger partial charge < -0.3 is 20.0 Å². The molecule has 2 heterocycles. The van der Waals surface area contributed by atoms with Crippen molar-refractivity contribution in [2.45, 2.75) is 51.7 Å². The molecule has 0 unspecified atom stereocenters. The number of aliphatic hydroxyl groups excluding tert-OH is 1. The number of nitrogens with one attached hydrogen (secondary N) is 1. The molecular formula is C28H28N2O6. The fraction of sp³-hybridized carbons (Fsp3) is 0.321. The Morgan fingerprint density at radius 2 is 1.67 bits per heavy atom. The lowest BCUT2D eigenvalue weighted by Crippen LogP contribution is -2.33. The molecular weight excluding hydrogens is 460 g/mol. The van der Waals surface area contributed by atoms with Gasteiger partial charge in [-0.15, -0.1) is 4.73 Å². The minimum atomic E-state index is -0.914. The zero-order valence-electron chi connectivity index (χ0n) is 20.2. The molecule has 5 rings (SSSR count). The number of hydrogen-bond donors (Lipinski definition) is 2. The number of aliphatic hydroxyl groups is 1. The Hall–Kier alpha value is -3.75. The Morgan fingerprint density at radius 3 is 2.33 bits per heavy atom. The zero-order valence-corrected chi connectivity index (χ0v) is 20.2.